The van der Waals surface area contributed by atoms with Crippen molar-refractivity contribution >= 4 is 12.1 Å². The summed E-state index contributed by atoms with van der Waals surface area (Å²) in [5.41, 5.74) is -2.09. The molecule has 16 heavy (non-hydrogen) atoms. The molecule has 94 valence electrons. The van der Waals surface area contributed by atoms with Gasteiger partial charge in [0, 0.05) is 0 Å². The van der Waals surface area contributed by atoms with Crippen LogP contribution in [0.15, 0.2) is 0 Å². The van der Waals surface area contributed by atoms with Crippen molar-refractivity contribution in [3.63, 3.8) is 0 Å². The first-order chi connectivity index (χ1) is 6.99. The van der Waals surface area contributed by atoms with Crippen LogP contribution in [0.2, 0.25) is 0 Å². The number of hydrogen-bond donors (Lipinski definition) is 1. The highest BCUT2D eigenvalue weighted by Crippen LogP contribution is 2.17. The van der Waals surface area contributed by atoms with Gasteiger partial charge in [0.25, 0.3) is 0 Å². The van der Waals surface area contributed by atoms with Crippen LogP contribution in [0.3, 0.4) is 0 Å². The third-order valence-electron chi connectivity index (χ3n) is 2.34. The number of carboxylic acid groups (broad SMARTS) is 1. The molecule has 0 fully saturated rings. The summed E-state index contributed by atoms with van der Waals surface area (Å²) >= 11 is 0. The number of aliphatic carboxylic acids is 1. The van der Waals surface area contributed by atoms with E-state index in [1.54, 1.807) is 34.6 Å². The Balaban J connectivity index is 4.68. The van der Waals surface area contributed by atoms with Crippen LogP contribution in [0.4, 0.5) is 4.79 Å². The minimum atomic E-state index is -1.43. The second-order valence-corrected chi connectivity index (χ2v) is 5.27. The summed E-state index contributed by atoms with van der Waals surface area (Å²) in [4.78, 5) is 22.4. The molecule has 0 aliphatic rings. The fourth-order valence-corrected chi connectivity index (χ4v) is 0.947. The molecule has 0 aromatic heterocycles. The molecule has 0 bridgehead atoms. The molecule has 0 aromatic rings. The molecule has 5 nitrogen and oxygen atoms in total. The summed E-state index contributed by atoms with van der Waals surface area (Å²) in [6, 6.07) is 0. The highest BCUT2D eigenvalue weighted by molar-refractivity contribution is 5.82. The lowest BCUT2D eigenvalue weighted by Crippen LogP contribution is -2.61. The van der Waals surface area contributed by atoms with Gasteiger partial charge in [-0.1, -0.05) is 13.8 Å². The summed E-state index contributed by atoms with van der Waals surface area (Å²) < 4.78 is 4.99. The van der Waals surface area contributed by atoms with E-state index >= 15 is 0 Å². The average molecular weight is 230 g/mol. The van der Waals surface area contributed by atoms with E-state index in [4.69, 9.17) is 4.74 Å². The first-order valence-corrected chi connectivity index (χ1v) is 5.21. The van der Waals surface area contributed by atoms with Gasteiger partial charge in [0.15, 0.2) is 0 Å². The Bertz CT molecular complexity index is 280. The summed E-state index contributed by atoms with van der Waals surface area (Å²) in [5, 5.41) is 13.3. The highest BCUT2D eigenvalue weighted by Gasteiger charge is 2.33. The Morgan fingerprint density at radius 2 is 1.62 bits per heavy atom. The van der Waals surface area contributed by atoms with E-state index in [0.717, 1.165) is 0 Å². The first kappa shape index (κ1) is 14.7. The van der Waals surface area contributed by atoms with Gasteiger partial charge in [-0.15, -0.1) is 0 Å². The molecule has 5 heteroatoms. The van der Waals surface area contributed by atoms with E-state index in [1.165, 1.54) is 6.92 Å². The second kappa shape index (κ2) is 4.72. The number of carbonyl (C=O) groups excluding carboxylic acids is 2. The van der Waals surface area contributed by atoms with E-state index in [2.05, 4.69) is 5.32 Å². The van der Waals surface area contributed by atoms with Crippen molar-refractivity contribution in [2.24, 2.45) is 5.92 Å². The number of alkyl carbamates (subject to hydrolysis) is 1. The molecule has 1 atom stereocenters. The van der Waals surface area contributed by atoms with Crippen molar-refractivity contribution in [2.45, 2.75) is 52.7 Å². The number of carboxylic acids is 1. The molecule has 0 aliphatic heterocycles. The maximum atomic E-state index is 11.5. The standard InChI is InChI=1S/C11H21NO4/c1-7(2)11(6,8(13)14)12-9(15)16-10(3,4)5/h7H,1-6H3,(H,12,15)(H,13,14)/p-1/t11-/m0/s1. The molecular formula is C11H20NO4-. The summed E-state index contributed by atoms with van der Waals surface area (Å²) in [6.07, 6.45) is -0.757. The predicted molar refractivity (Wildman–Crippen MR) is 57.6 cm³/mol. The van der Waals surface area contributed by atoms with Gasteiger partial charge in [-0.3, -0.25) is 0 Å². The molecule has 0 aromatic carbocycles. The van der Waals surface area contributed by atoms with Gasteiger partial charge in [-0.25, -0.2) is 4.79 Å². The predicted octanol–water partition coefficient (Wildman–Crippen LogP) is 0.676. The normalized spacial score (nSPS) is 15.4. The van der Waals surface area contributed by atoms with Gasteiger partial charge in [0.05, 0.1) is 11.5 Å². The first-order valence-electron chi connectivity index (χ1n) is 5.21. The quantitative estimate of drug-likeness (QED) is 0.773. The van der Waals surface area contributed by atoms with Gasteiger partial charge in [-0.2, -0.15) is 0 Å². The zero-order chi connectivity index (χ0) is 13.1. The monoisotopic (exact) mass is 230 g/mol. The topological polar surface area (TPSA) is 78.5 Å². The average Bonchev–Trinajstić information content (AvgIpc) is 1.98. The maximum absolute atomic E-state index is 11.5. The van der Waals surface area contributed by atoms with Crippen LogP contribution in [0.1, 0.15) is 41.5 Å². The summed E-state index contributed by atoms with van der Waals surface area (Å²) in [5.74, 6) is -1.63. The molecular weight excluding hydrogens is 210 g/mol. The third-order valence-corrected chi connectivity index (χ3v) is 2.34. The molecule has 0 radical (unpaired) electrons. The van der Waals surface area contributed by atoms with Crippen LogP contribution >= 0.6 is 0 Å². The number of ether oxygens (including phenoxy) is 1. The SMILES string of the molecule is CC(C)[C@](C)(NC(=O)OC(C)(C)C)C(=O)[O-]. The van der Waals surface area contributed by atoms with Gasteiger partial charge in [0.2, 0.25) is 0 Å². The third kappa shape index (κ3) is 4.08. The molecule has 0 spiro atoms. The molecule has 0 saturated heterocycles. The van der Waals surface area contributed by atoms with Gasteiger partial charge >= 0.3 is 6.09 Å². The number of carbonyl (C=O) groups is 2. The van der Waals surface area contributed by atoms with Gasteiger partial charge in [-0.05, 0) is 33.6 Å². The van der Waals surface area contributed by atoms with E-state index < -0.39 is 23.2 Å². The number of nitrogens with one attached hydrogen (secondary N) is 1. The van der Waals surface area contributed by atoms with Crippen LogP contribution in [0.5, 0.6) is 0 Å². The molecule has 0 unspecified atom stereocenters. The number of rotatable bonds is 3. The van der Waals surface area contributed by atoms with Crippen LogP contribution in [0, 0.1) is 5.92 Å². The van der Waals surface area contributed by atoms with Crippen molar-refractivity contribution in [3.8, 4) is 0 Å². The zero-order valence-corrected chi connectivity index (χ0v) is 10.7. The highest BCUT2D eigenvalue weighted by atomic mass is 16.6. The smallest absolute Gasteiger partial charge is 0.408 e. The Hall–Kier alpha value is -1.26. The zero-order valence-electron chi connectivity index (χ0n) is 10.7. The minimum absolute atomic E-state index is 0.301. The van der Waals surface area contributed by atoms with Crippen molar-refractivity contribution in [3.05, 3.63) is 0 Å². The van der Waals surface area contributed by atoms with Crippen molar-refractivity contribution in [1.29, 1.82) is 0 Å². The number of hydrogen-bond acceptors (Lipinski definition) is 4. The molecule has 0 aliphatic carbocycles. The molecule has 1 amide bonds. The van der Waals surface area contributed by atoms with E-state index in [0.29, 0.717) is 0 Å². The maximum Gasteiger partial charge on any atom is 0.408 e. The molecule has 0 rings (SSSR count). The lowest BCUT2D eigenvalue weighted by molar-refractivity contribution is -0.315. The van der Waals surface area contributed by atoms with Gasteiger partial charge in [0.1, 0.15) is 5.60 Å². The van der Waals surface area contributed by atoms with Crippen LogP contribution < -0.4 is 10.4 Å². The van der Waals surface area contributed by atoms with E-state index in [-0.39, 0.29) is 5.92 Å². The van der Waals surface area contributed by atoms with Crippen LogP contribution in [0.25, 0.3) is 0 Å². The largest absolute Gasteiger partial charge is 0.548 e. The molecule has 0 heterocycles. The lowest BCUT2D eigenvalue weighted by atomic mass is 9.89. The summed E-state index contributed by atoms with van der Waals surface area (Å²) in [6.45, 7) is 9.90. The summed E-state index contributed by atoms with van der Waals surface area (Å²) in [7, 11) is 0. The molecule has 0 saturated carbocycles. The van der Waals surface area contributed by atoms with Crippen LogP contribution in [-0.2, 0) is 9.53 Å². The van der Waals surface area contributed by atoms with E-state index in [9.17, 15) is 14.7 Å². The van der Waals surface area contributed by atoms with Crippen molar-refractivity contribution in [1.82, 2.24) is 5.32 Å². The fourth-order valence-electron chi connectivity index (χ4n) is 0.947. The Kier molecular flexibility index (Phi) is 4.35. The van der Waals surface area contributed by atoms with Crippen LogP contribution in [-0.4, -0.2) is 23.2 Å². The minimum Gasteiger partial charge on any atom is -0.548 e. The van der Waals surface area contributed by atoms with E-state index in [1.807, 2.05) is 0 Å². The lowest BCUT2D eigenvalue weighted by Gasteiger charge is -2.36. The van der Waals surface area contributed by atoms with Crippen molar-refractivity contribution in [2.75, 3.05) is 0 Å². The number of amides is 1. The second-order valence-electron chi connectivity index (χ2n) is 5.27. The fraction of sp³-hybridized carbons (Fsp3) is 0.818. The Morgan fingerprint density at radius 3 is 1.88 bits per heavy atom. The Labute approximate surface area is 96.2 Å². The van der Waals surface area contributed by atoms with Crippen molar-refractivity contribution < 1.29 is 19.4 Å². The Morgan fingerprint density at radius 1 is 1.19 bits per heavy atom. The molecule has 1 N–H and O–H groups in total. The van der Waals surface area contributed by atoms with Gasteiger partial charge < -0.3 is 20.0 Å².